The summed E-state index contributed by atoms with van der Waals surface area (Å²) in [6.45, 7) is 0. The molecule has 0 nitrogen and oxygen atoms in total. The molecule has 60 valence electrons. The minimum Gasteiger partial charge on any atom is -0.244 e. The fourth-order valence-corrected chi connectivity index (χ4v) is 1.99. The van der Waals surface area contributed by atoms with Gasteiger partial charge in [0.05, 0.1) is 0 Å². The smallest absolute Gasteiger partial charge is 0.138 e. The monoisotopic (exact) mass is 184 g/mol. The van der Waals surface area contributed by atoms with Gasteiger partial charge in [-0.1, -0.05) is 0 Å². The highest BCUT2D eigenvalue weighted by Crippen LogP contribution is 2.33. The van der Waals surface area contributed by atoms with Crippen LogP contribution >= 0.6 is 18.5 Å². The van der Waals surface area contributed by atoms with Gasteiger partial charge < -0.3 is 0 Å². The molecule has 4 heteroatoms. The maximum Gasteiger partial charge on any atom is 0.138 e. The van der Waals surface area contributed by atoms with Crippen LogP contribution in [0.1, 0.15) is 12.8 Å². The van der Waals surface area contributed by atoms with Crippen LogP contribution in [-0.4, -0.2) is 23.7 Å². The van der Waals surface area contributed by atoms with Crippen LogP contribution in [-0.2, 0) is 0 Å². The van der Waals surface area contributed by atoms with Crippen LogP contribution < -0.4 is 0 Å². The third-order valence-electron chi connectivity index (χ3n) is 1.96. The SMILES string of the molecule is FC1C(P)CCC(P)C1F. The first-order valence-corrected chi connectivity index (χ1v) is 4.75. The molecule has 0 aromatic heterocycles. The van der Waals surface area contributed by atoms with Gasteiger partial charge in [0.1, 0.15) is 12.3 Å². The Kier molecular flexibility index (Phi) is 3.01. The minimum absolute atomic E-state index is 0.174. The highest BCUT2D eigenvalue weighted by molar-refractivity contribution is 7.18. The van der Waals surface area contributed by atoms with Crippen molar-refractivity contribution < 1.29 is 8.78 Å². The average Bonchev–Trinajstić information content (AvgIpc) is 1.93. The summed E-state index contributed by atoms with van der Waals surface area (Å²) in [4.78, 5) is 0. The van der Waals surface area contributed by atoms with E-state index in [4.69, 9.17) is 0 Å². The third kappa shape index (κ3) is 1.66. The maximum absolute atomic E-state index is 12.8. The first-order valence-electron chi connectivity index (χ1n) is 3.42. The van der Waals surface area contributed by atoms with Gasteiger partial charge in [-0.05, 0) is 12.8 Å². The molecule has 0 heterocycles. The molecule has 0 aromatic carbocycles. The van der Waals surface area contributed by atoms with Gasteiger partial charge in [0, 0.05) is 11.3 Å². The van der Waals surface area contributed by atoms with Crippen LogP contribution in [0.25, 0.3) is 0 Å². The second-order valence-electron chi connectivity index (χ2n) is 2.79. The molecule has 0 saturated heterocycles. The van der Waals surface area contributed by atoms with E-state index in [0.29, 0.717) is 0 Å². The molecule has 1 fully saturated rings. The molecule has 0 amide bonds. The minimum atomic E-state index is -1.28. The summed E-state index contributed by atoms with van der Waals surface area (Å²) in [5, 5.41) is 0. The molecule has 0 bridgehead atoms. The first kappa shape index (κ1) is 8.81. The van der Waals surface area contributed by atoms with Gasteiger partial charge in [-0.25, -0.2) is 8.78 Å². The van der Waals surface area contributed by atoms with Crippen molar-refractivity contribution in [2.75, 3.05) is 0 Å². The zero-order chi connectivity index (χ0) is 7.72. The van der Waals surface area contributed by atoms with E-state index >= 15 is 0 Å². The summed E-state index contributed by atoms with van der Waals surface area (Å²) in [5.41, 5.74) is -0.349. The Labute approximate surface area is 64.5 Å². The average molecular weight is 184 g/mol. The van der Waals surface area contributed by atoms with Crippen molar-refractivity contribution >= 4 is 18.5 Å². The molecule has 1 aliphatic rings. The fourth-order valence-electron chi connectivity index (χ4n) is 1.18. The Balaban J connectivity index is 2.52. The molecule has 1 rings (SSSR count). The topological polar surface area (TPSA) is 0 Å². The fraction of sp³-hybridized carbons (Fsp3) is 1.00. The molecule has 0 spiro atoms. The molecule has 1 aliphatic carbocycles. The van der Waals surface area contributed by atoms with E-state index in [1.165, 1.54) is 0 Å². The van der Waals surface area contributed by atoms with Crippen molar-refractivity contribution in [1.29, 1.82) is 0 Å². The largest absolute Gasteiger partial charge is 0.244 e. The van der Waals surface area contributed by atoms with Gasteiger partial charge in [0.25, 0.3) is 0 Å². The number of halogens is 2. The van der Waals surface area contributed by atoms with Gasteiger partial charge in [0.2, 0.25) is 0 Å². The van der Waals surface area contributed by atoms with Gasteiger partial charge in [-0.15, -0.1) is 18.5 Å². The lowest BCUT2D eigenvalue weighted by Gasteiger charge is -2.30. The van der Waals surface area contributed by atoms with Crippen molar-refractivity contribution in [1.82, 2.24) is 0 Å². The van der Waals surface area contributed by atoms with Crippen LogP contribution in [0.4, 0.5) is 8.78 Å². The van der Waals surface area contributed by atoms with Crippen LogP contribution in [0.2, 0.25) is 0 Å². The lowest BCUT2D eigenvalue weighted by atomic mass is 9.96. The van der Waals surface area contributed by atoms with E-state index < -0.39 is 12.3 Å². The first-order chi connectivity index (χ1) is 4.63. The van der Waals surface area contributed by atoms with Gasteiger partial charge >= 0.3 is 0 Å². The highest BCUT2D eigenvalue weighted by atomic mass is 31.0. The van der Waals surface area contributed by atoms with E-state index in [1.807, 2.05) is 0 Å². The number of rotatable bonds is 0. The molecule has 1 saturated carbocycles. The van der Waals surface area contributed by atoms with Crippen LogP contribution in [0.15, 0.2) is 0 Å². The normalized spacial score (nSPS) is 49.2. The molecular formula is C6H12F2P2. The Hall–Kier alpha value is 0.720. The molecule has 6 unspecified atom stereocenters. The van der Waals surface area contributed by atoms with E-state index in [9.17, 15) is 8.78 Å². The third-order valence-corrected chi connectivity index (χ3v) is 3.36. The summed E-state index contributed by atoms with van der Waals surface area (Å²) in [5.74, 6) is 0. The molecule has 0 radical (unpaired) electrons. The standard InChI is InChI=1S/C6H12F2P2/c7-5-3(9)1-2-4(10)6(5)8/h3-6H,1-2,9-10H2. The molecule has 10 heavy (non-hydrogen) atoms. The van der Waals surface area contributed by atoms with E-state index in [-0.39, 0.29) is 11.3 Å². The van der Waals surface area contributed by atoms with Crippen molar-refractivity contribution in [3.05, 3.63) is 0 Å². The van der Waals surface area contributed by atoms with Crippen molar-refractivity contribution in [3.8, 4) is 0 Å². The summed E-state index contributed by atoms with van der Waals surface area (Å²) in [6.07, 6.45) is -0.997. The summed E-state index contributed by atoms with van der Waals surface area (Å²) in [7, 11) is 4.72. The number of hydrogen-bond donors (Lipinski definition) is 0. The van der Waals surface area contributed by atoms with Crippen molar-refractivity contribution in [2.45, 2.75) is 36.5 Å². The molecular weight excluding hydrogens is 172 g/mol. The quantitative estimate of drug-likeness (QED) is 0.504. The summed E-state index contributed by atoms with van der Waals surface area (Å²) >= 11 is 0. The lowest BCUT2D eigenvalue weighted by Crippen LogP contribution is -2.38. The Bertz CT molecular complexity index is 106. The van der Waals surface area contributed by atoms with Crippen molar-refractivity contribution in [2.24, 2.45) is 0 Å². The predicted octanol–water partition coefficient (Wildman–Crippen LogP) is 1.94. The zero-order valence-corrected chi connectivity index (χ0v) is 7.94. The Morgan fingerprint density at radius 1 is 0.900 bits per heavy atom. The maximum atomic E-state index is 12.8. The second-order valence-corrected chi connectivity index (χ2v) is 4.51. The summed E-state index contributed by atoms with van der Waals surface area (Å²) in [6, 6.07) is 0. The van der Waals surface area contributed by atoms with E-state index in [1.54, 1.807) is 0 Å². The molecule has 0 aliphatic heterocycles. The van der Waals surface area contributed by atoms with Crippen LogP contribution in [0.3, 0.4) is 0 Å². The second kappa shape index (κ2) is 3.41. The lowest BCUT2D eigenvalue weighted by molar-refractivity contribution is 0.131. The van der Waals surface area contributed by atoms with Gasteiger partial charge in [-0.3, -0.25) is 0 Å². The van der Waals surface area contributed by atoms with Crippen LogP contribution in [0.5, 0.6) is 0 Å². The summed E-state index contributed by atoms with van der Waals surface area (Å²) < 4.78 is 25.6. The zero-order valence-electron chi connectivity index (χ0n) is 5.63. The van der Waals surface area contributed by atoms with Gasteiger partial charge in [0.15, 0.2) is 0 Å². The Morgan fingerprint density at radius 2 is 1.20 bits per heavy atom. The predicted molar refractivity (Wildman–Crippen MR) is 46.0 cm³/mol. The number of alkyl halides is 2. The highest BCUT2D eigenvalue weighted by Gasteiger charge is 2.35. The van der Waals surface area contributed by atoms with Crippen LogP contribution in [0, 0.1) is 0 Å². The molecule has 0 N–H and O–H groups in total. The van der Waals surface area contributed by atoms with E-state index in [2.05, 4.69) is 18.5 Å². The Morgan fingerprint density at radius 3 is 1.50 bits per heavy atom. The van der Waals surface area contributed by atoms with E-state index in [0.717, 1.165) is 12.8 Å². The molecule has 6 atom stereocenters. The molecule has 0 aromatic rings. The van der Waals surface area contributed by atoms with Crippen molar-refractivity contribution in [3.63, 3.8) is 0 Å². The number of hydrogen-bond acceptors (Lipinski definition) is 0. The van der Waals surface area contributed by atoms with Gasteiger partial charge in [-0.2, -0.15) is 0 Å².